The topological polar surface area (TPSA) is 40.5 Å². The van der Waals surface area contributed by atoms with Crippen LogP contribution in [0.5, 0.6) is 0 Å². The van der Waals surface area contributed by atoms with Gasteiger partial charge in [0.2, 0.25) is 0 Å². The summed E-state index contributed by atoms with van der Waals surface area (Å²) < 4.78 is 0. The molecule has 2 rings (SSSR count). The molecule has 0 aliphatic heterocycles. The van der Waals surface area contributed by atoms with Crippen LogP contribution in [0.1, 0.15) is 22.6 Å². The van der Waals surface area contributed by atoms with Crippen molar-refractivity contribution in [3.05, 3.63) is 44.8 Å². The minimum absolute atomic E-state index is 0.241. The summed E-state index contributed by atoms with van der Waals surface area (Å²) in [6, 6.07) is 8.37. The van der Waals surface area contributed by atoms with Gasteiger partial charge in [-0.25, -0.2) is 0 Å². The van der Waals surface area contributed by atoms with Gasteiger partial charge in [0, 0.05) is 29.3 Å². The first-order valence-electron chi connectivity index (χ1n) is 6.23. The van der Waals surface area contributed by atoms with Gasteiger partial charge in [-0.1, -0.05) is 12.1 Å². The van der Waals surface area contributed by atoms with E-state index in [0.29, 0.717) is 6.42 Å². The molecule has 0 saturated carbocycles. The number of thiophene rings is 2. The summed E-state index contributed by atoms with van der Waals surface area (Å²) >= 11 is 3.50. The number of rotatable bonds is 8. The van der Waals surface area contributed by atoms with Crippen LogP contribution in [-0.2, 0) is 17.9 Å². The molecule has 0 amide bonds. The van der Waals surface area contributed by atoms with Crippen molar-refractivity contribution in [1.82, 2.24) is 4.90 Å². The molecule has 0 aliphatic rings. The summed E-state index contributed by atoms with van der Waals surface area (Å²) in [5.41, 5.74) is 0. The molecule has 2 heterocycles. The Morgan fingerprint density at radius 1 is 1.11 bits per heavy atom. The number of carboxylic acid groups (broad SMARTS) is 1. The molecule has 1 N–H and O–H groups in total. The third-order valence-electron chi connectivity index (χ3n) is 2.78. The number of carbonyl (C=O) groups is 1. The van der Waals surface area contributed by atoms with Crippen molar-refractivity contribution in [1.29, 1.82) is 0 Å². The number of aliphatic carboxylic acids is 1. The van der Waals surface area contributed by atoms with Crippen LogP contribution in [0, 0.1) is 0 Å². The Morgan fingerprint density at radius 3 is 2.11 bits per heavy atom. The first-order chi connectivity index (χ1) is 9.24. The lowest BCUT2D eigenvalue weighted by Gasteiger charge is -2.20. The molecular weight excluding hydrogens is 278 g/mol. The molecule has 0 aliphatic carbocycles. The van der Waals surface area contributed by atoms with E-state index in [-0.39, 0.29) is 6.42 Å². The SMILES string of the molecule is O=C(O)CCCN(Cc1cccs1)Cc1cccs1. The molecule has 19 heavy (non-hydrogen) atoms. The van der Waals surface area contributed by atoms with E-state index in [1.54, 1.807) is 22.7 Å². The Labute approximate surface area is 121 Å². The van der Waals surface area contributed by atoms with Crippen LogP contribution in [-0.4, -0.2) is 22.5 Å². The predicted molar refractivity (Wildman–Crippen MR) is 79.6 cm³/mol. The molecule has 0 aromatic carbocycles. The summed E-state index contributed by atoms with van der Waals surface area (Å²) in [5.74, 6) is -0.716. The van der Waals surface area contributed by atoms with Gasteiger partial charge in [0.15, 0.2) is 0 Å². The minimum Gasteiger partial charge on any atom is -0.481 e. The number of hydrogen-bond acceptors (Lipinski definition) is 4. The highest BCUT2D eigenvalue weighted by atomic mass is 32.1. The van der Waals surface area contributed by atoms with Crippen molar-refractivity contribution < 1.29 is 9.90 Å². The maximum absolute atomic E-state index is 10.6. The molecule has 0 fully saturated rings. The molecule has 0 unspecified atom stereocenters. The molecule has 3 nitrogen and oxygen atoms in total. The van der Waals surface area contributed by atoms with Crippen molar-refractivity contribution in [2.75, 3.05) is 6.54 Å². The average molecular weight is 295 g/mol. The van der Waals surface area contributed by atoms with Crippen molar-refractivity contribution in [3.63, 3.8) is 0 Å². The number of nitrogens with zero attached hydrogens (tertiary/aromatic N) is 1. The second-order valence-corrected chi connectivity index (χ2v) is 6.43. The summed E-state index contributed by atoms with van der Waals surface area (Å²) in [5, 5.41) is 12.9. The van der Waals surface area contributed by atoms with Crippen LogP contribution in [0.3, 0.4) is 0 Å². The molecule has 5 heteroatoms. The Bertz CT molecular complexity index is 443. The second-order valence-electron chi connectivity index (χ2n) is 4.37. The van der Waals surface area contributed by atoms with E-state index in [9.17, 15) is 4.79 Å². The van der Waals surface area contributed by atoms with E-state index < -0.39 is 5.97 Å². The van der Waals surface area contributed by atoms with E-state index >= 15 is 0 Å². The maximum atomic E-state index is 10.6. The zero-order chi connectivity index (χ0) is 13.5. The van der Waals surface area contributed by atoms with Gasteiger partial charge in [-0.15, -0.1) is 22.7 Å². The van der Waals surface area contributed by atoms with Gasteiger partial charge in [-0.3, -0.25) is 9.69 Å². The highest BCUT2D eigenvalue weighted by Crippen LogP contribution is 2.17. The lowest BCUT2D eigenvalue weighted by molar-refractivity contribution is -0.137. The molecule has 2 aromatic heterocycles. The first kappa shape index (κ1) is 14.2. The summed E-state index contributed by atoms with van der Waals surface area (Å²) in [6.07, 6.45) is 0.942. The fraction of sp³-hybridized carbons (Fsp3) is 0.357. The molecule has 0 bridgehead atoms. The van der Waals surface area contributed by atoms with Crippen molar-refractivity contribution in [2.45, 2.75) is 25.9 Å². The van der Waals surface area contributed by atoms with Gasteiger partial charge < -0.3 is 5.11 Å². The quantitative estimate of drug-likeness (QED) is 0.807. The van der Waals surface area contributed by atoms with E-state index in [1.807, 2.05) is 0 Å². The van der Waals surface area contributed by atoms with Gasteiger partial charge in [-0.05, 0) is 35.9 Å². The van der Waals surface area contributed by atoms with Crippen molar-refractivity contribution >= 4 is 28.6 Å². The average Bonchev–Trinajstić information content (AvgIpc) is 3.01. The van der Waals surface area contributed by atoms with Crippen LogP contribution >= 0.6 is 22.7 Å². The van der Waals surface area contributed by atoms with Gasteiger partial charge in [-0.2, -0.15) is 0 Å². The molecular formula is C14H17NO2S2. The van der Waals surface area contributed by atoms with E-state index in [0.717, 1.165) is 19.6 Å². The Kier molecular flexibility index (Phi) is 5.57. The minimum atomic E-state index is -0.716. The van der Waals surface area contributed by atoms with E-state index in [1.165, 1.54) is 9.75 Å². The number of carboxylic acids is 1. The smallest absolute Gasteiger partial charge is 0.303 e. The van der Waals surface area contributed by atoms with Gasteiger partial charge >= 0.3 is 5.97 Å². The van der Waals surface area contributed by atoms with Gasteiger partial charge in [0.25, 0.3) is 0 Å². The van der Waals surface area contributed by atoms with Crippen LogP contribution in [0.4, 0.5) is 0 Å². The highest BCUT2D eigenvalue weighted by Gasteiger charge is 2.09. The number of hydrogen-bond donors (Lipinski definition) is 1. The Hall–Kier alpha value is -1.17. The van der Waals surface area contributed by atoms with E-state index in [2.05, 4.69) is 39.9 Å². The monoisotopic (exact) mass is 295 g/mol. The fourth-order valence-corrected chi connectivity index (χ4v) is 3.41. The zero-order valence-corrected chi connectivity index (χ0v) is 12.3. The third kappa shape index (κ3) is 5.14. The van der Waals surface area contributed by atoms with Gasteiger partial charge in [0.05, 0.1) is 0 Å². The molecule has 2 aromatic rings. The second kappa shape index (κ2) is 7.43. The van der Waals surface area contributed by atoms with Crippen LogP contribution in [0.2, 0.25) is 0 Å². The van der Waals surface area contributed by atoms with Crippen molar-refractivity contribution in [3.8, 4) is 0 Å². The summed E-state index contributed by atoms with van der Waals surface area (Å²) in [6.45, 7) is 2.62. The standard InChI is InChI=1S/C14H17NO2S2/c16-14(17)6-1-7-15(10-12-4-2-8-18-12)11-13-5-3-9-19-13/h2-5,8-9H,1,6-7,10-11H2,(H,16,17). The normalized spacial score (nSPS) is 11.0. The largest absolute Gasteiger partial charge is 0.481 e. The fourth-order valence-electron chi connectivity index (χ4n) is 1.91. The molecule has 0 saturated heterocycles. The van der Waals surface area contributed by atoms with Gasteiger partial charge in [0.1, 0.15) is 0 Å². The van der Waals surface area contributed by atoms with Crippen LogP contribution < -0.4 is 0 Å². The highest BCUT2D eigenvalue weighted by molar-refractivity contribution is 7.10. The van der Waals surface area contributed by atoms with Crippen LogP contribution in [0.25, 0.3) is 0 Å². The lowest BCUT2D eigenvalue weighted by Crippen LogP contribution is -2.23. The van der Waals surface area contributed by atoms with E-state index in [4.69, 9.17) is 5.11 Å². The van der Waals surface area contributed by atoms with Crippen LogP contribution in [0.15, 0.2) is 35.0 Å². The predicted octanol–water partition coefficient (Wildman–Crippen LogP) is 3.68. The Balaban J connectivity index is 1.90. The lowest BCUT2D eigenvalue weighted by atomic mass is 10.2. The zero-order valence-electron chi connectivity index (χ0n) is 10.6. The molecule has 0 atom stereocenters. The summed E-state index contributed by atoms with van der Waals surface area (Å²) in [7, 11) is 0. The van der Waals surface area contributed by atoms with Crippen molar-refractivity contribution in [2.24, 2.45) is 0 Å². The molecule has 102 valence electrons. The third-order valence-corrected chi connectivity index (χ3v) is 4.51. The molecule has 0 spiro atoms. The molecule has 0 radical (unpaired) electrons. The Morgan fingerprint density at radius 2 is 1.68 bits per heavy atom. The summed E-state index contributed by atoms with van der Waals surface area (Å²) in [4.78, 5) is 15.6. The maximum Gasteiger partial charge on any atom is 0.303 e. The first-order valence-corrected chi connectivity index (χ1v) is 7.99.